The molecular formula is C6H11NO4. The van der Waals surface area contributed by atoms with Gasteiger partial charge in [0.15, 0.2) is 0 Å². The normalized spacial score (nSPS) is 24.9. The van der Waals surface area contributed by atoms with E-state index in [1.54, 1.807) is 0 Å². The van der Waals surface area contributed by atoms with Crippen molar-refractivity contribution >= 4 is 6.09 Å². The lowest BCUT2D eigenvalue weighted by atomic mass is 10.3. The first kappa shape index (κ1) is 8.29. The first-order chi connectivity index (χ1) is 5.24. The van der Waals surface area contributed by atoms with Gasteiger partial charge in [-0.05, 0) is 6.92 Å². The van der Waals surface area contributed by atoms with Crippen LogP contribution in [0.2, 0.25) is 0 Å². The van der Waals surface area contributed by atoms with Gasteiger partial charge in [0, 0.05) is 6.54 Å². The fourth-order valence-corrected chi connectivity index (χ4v) is 1.04. The van der Waals surface area contributed by atoms with Gasteiger partial charge in [0.05, 0.1) is 19.3 Å². The van der Waals surface area contributed by atoms with Crippen LogP contribution in [0.5, 0.6) is 0 Å². The molecule has 11 heavy (non-hydrogen) atoms. The second-order valence-corrected chi connectivity index (χ2v) is 2.48. The number of ether oxygens (including phenoxy) is 1. The van der Waals surface area contributed by atoms with Crippen LogP contribution in [0.1, 0.15) is 6.92 Å². The first-order valence-corrected chi connectivity index (χ1v) is 3.46. The van der Waals surface area contributed by atoms with Gasteiger partial charge in [-0.15, -0.1) is 0 Å². The SMILES string of the molecule is CC1CN(C(=O)OO)CCO1. The molecule has 5 heteroatoms. The van der Waals surface area contributed by atoms with Crippen molar-refractivity contribution in [2.24, 2.45) is 0 Å². The van der Waals surface area contributed by atoms with Gasteiger partial charge >= 0.3 is 6.09 Å². The van der Waals surface area contributed by atoms with E-state index in [9.17, 15) is 4.79 Å². The molecule has 0 spiro atoms. The highest BCUT2D eigenvalue weighted by Gasteiger charge is 2.22. The molecule has 1 aliphatic rings. The molecule has 0 aromatic rings. The molecule has 1 rings (SSSR count). The van der Waals surface area contributed by atoms with Crippen LogP contribution < -0.4 is 0 Å². The Bertz CT molecular complexity index is 150. The minimum absolute atomic E-state index is 0.0165. The first-order valence-electron chi connectivity index (χ1n) is 3.46. The zero-order chi connectivity index (χ0) is 8.27. The van der Waals surface area contributed by atoms with Crippen molar-refractivity contribution in [3.05, 3.63) is 0 Å². The Morgan fingerprint density at radius 1 is 1.82 bits per heavy atom. The molecule has 1 amide bonds. The van der Waals surface area contributed by atoms with Crippen LogP contribution in [0.15, 0.2) is 0 Å². The van der Waals surface area contributed by atoms with Crippen LogP contribution in [0.4, 0.5) is 4.79 Å². The third-order valence-electron chi connectivity index (χ3n) is 1.58. The Hall–Kier alpha value is -0.810. The van der Waals surface area contributed by atoms with E-state index < -0.39 is 6.09 Å². The molecule has 1 saturated heterocycles. The Balaban J connectivity index is 2.39. The number of hydrogen-bond acceptors (Lipinski definition) is 4. The smallest absolute Gasteiger partial charge is 0.375 e. The van der Waals surface area contributed by atoms with Crippen molar-refractivity contribution in [3.63, 3.8) is 0 Å². The van der Waals surface area contributed by atoms with Gasteiger partial charge < -0.3 is 9.64 Å². The fraction of sp³-hybridized carbons (Fsp3) is 0.833. The molecule has 0 radical (unpaired) electrons. The van der Waals surface area contributed by atoms with Gasteiger partial charge in [-0.1, -0.05) is 0 Å². The number of nitrogens with zero attached hydrogens (tertiary/aromatic N) is 1. The lowest BCUT2D eigenvalue weighted by molar-refractivity contribution is -0.192. The lowest BCUT2D eigenvalue weighted by Gasteiger charge is -2.28. The molecule has 0 saturated carbocycles. The van der Waals surface area contributed by atoms with Crippen LogP contribution in [0, 0.1) is 0 Å². The zero-order valence-corrected chi connectivity index (χ0v) is 6.32. The summed E-state index contributed by atoms with van der Waals surface area (Å²) >= 11 is 0. The molecule has 0 aromatic heterocycles. The van der Waals surface area contributed by atoms with Crippen LogP contribution in [0.3, 0.4) is 0 Å². The number of hydrogen-bond donors (Lipinski definition) is 1. The minimum atomic E-state index is -0.708. The van der Waals surface area contributed by atoms with E-state index in [0.717, 1.165) is 0 Å². The van der Waals surface area contributed by atoms with Crippen molar-refractivity contribution in [2.75, 3.05) is 19.7 Å². The molecule has 0 aromatic carbocycles. The minimum Gasteiger partial charge on any atom is -0.375 e. The van der Waals surface area contributed by atoms with E-state index >= 15 is 0 Å². The predicted octanol–water partition coefficient (Wildman–Crippen LogP) is 0.317. The Kier molecular flexibility index (Phi) is 2.67. The second-order valence-electron chi connectivity index (χ2n) is 2.48. The molecule has 1 fully saturated rings. The summed E-state index contributed by atoms with van der Waals surface area (Å²) in [5, 5.41) is 8.04. The van der Waals surface area contributed by atoms with Crippen LogP contribution in [-0.2, 0) is 9.62 Å². The molecule has 1 atom stereocenters. The standard InChI is InChI=1S/C6H11NO4/c1-5-4-7(2-3-10-5)6(8)11-9/h5,9H,2-4H2,1H3. The molecular weight excluding hydrogens is 150 g/mol. The monoisotopic (exact) mass is 161 g/mol. The Morgan fingerprint density at radius 3 is 3.09 bits per heavy atom. The van der Waals surface area contributed by atoms with E-state index in [4.69, 9.17) is 9.99 Å². The summed E-state index contributed by atoms with van der Waals surface area (Å²) in [6.07, 6.45) is -0.692. The summed E-state index contributed by atoms with van der Waals surface area (Å²) in [6, 6.07) is 0. The van der Waals surface area contributed by atoms with E-state index in [1.807, 2.05) is 6.92 Å². The maximum Gasteiger partial charge on any atom is 0.441 e. The third-order valence-corrected chi connectivity index (χ3v) is 1.58. The molecule has 0 bridgehead atoms. The van der Waals surface area contributed by atoms with Crippen molar-refractivity contribution in [1.29, 1.82) is 0 Å². The van der Waals surface area contributed by atoms with Gasteiger partial charge in [-0.2, -0.15) is 5.26 Å². The Labute approximate surface area is 64.4 Å². The van der Waals surface area contributed by atoms with Crippen LogP contribution in [-0.4, -0.2) is 42.1 Å². The summed E-state index contributed by atoms with van der Waals surface area (Å²) in [5.74, 6) is 0. The van der Waals surface area contributed by atoms with Gasteiger partial charge in [0.25, 0.3) is 0 Å². The summed E-state index contributed by atoms with van der Waals surface area (Å²) in [7, 11) is 0. The molecule has 1 heterocycles. The lowest BCUT2D eigenvalue weighted by Crippen LogP contribution is -2.44. The summed E-state index contributed by atoms with van der Waals surface area (Å²) < 4.78 is 5.17. The highest BCUT2D eigenvalue weighted by molar-refractivity contribution is 5.66. The summed E-state index contributed by atoms with van der Waals surface area (Å²) in [6.45, 7) is 3.30. The van der Waals surface area contributed by atoms with E-state index in [0.29, 0.717) is 19.7 Å². The third kappa shape index (κ3) is 2.06. The van der Waals surface area contributed by atoms with Gasteiger partial charge in [0.2, 0.25) is 0 Å². The van der Waals surface area contributed by atoms with Crippen LogP contribution >= 0.6 is 0 Å². The van der Waals surface area contributed by atoms with E-state index in [1.165, 1.54) is 4.90 Å². The van der Waals surface area contributed by atoms with Gasteiger partial charge in [0.1, 0.15) is 0 Å². The number of morpholine rings is 1. The molecule has 5 nitrogen and oxygen atoms in total. The van der Waals surface area contributed by atoms with Crippen LogP contribution in [0.25, 0.3) is 0 Å². The number of rotatable bonds is 0. The zero-order valence-electron chi connectivity index (χ0n) is 6.32. The average molecular weight is 161 g/mol. The Morgan fingerprint density at radius 2 is 2.55 bits per heavy atom. The quantitative estimate of drug-likeness (QED) is 0.410. The largest absolute Gasteiger partial charge is 0.441 e. The molecule has 1 N–H and O–H groups in total. The van der Waals surface area contributed by atoms with E-state index in [-0.39, 0.29) is 6.10 Å². The molecule has 1 aliphatic heterocycles. The molecule has 64 valence electrons. The summed E-state index contributed by atoms with van der Waals surface area (Å²) in [5.41, 5.74) is 0. The molecule has 0 aliphatic carbocycles. The van der Waals surface area contributed by atoms with Crippen molar-refractivity contribution in [2.45, 2.75) is 13.0 Å². The topological polar surface area (TPSA) is 59.0 Å². The van der Waals surface area contributed by atoms with Crippen molar-refractivity contribution in [1.82, 2.24) is 4.90 Å². The van der Waals surface area contributed by atoms with E-state index in [2.05, 4.69) is 4.89 Å². The second kappa shape index (κ2) is 3.54. The van der Waals surface area contributed by atoms with Crippen molar-refractivity contribution < 1.29 is 19.7 Å². The average Bonchev–Trinajstić information content (AvgIpc) is 2.03. The number of carbonyl (C=O) groups is 1. The maximum atomic E-state index is 10.7. The fourth-order valence-electron chi connectivity index (χ4n) is 1.04. The number of amides is 1. The highest BCUT2D eigenvalue weighted by Crippen LogP contribution is 2.04. The van der Waals surface area contributed by atoms with Crippen molar-refractivity contribution in [3.8, 4) is 0 Å². The predicted molar refractivity (Wildman–Crippen MR) is 36.1 cm³/mol. The summed E-state index contributed by atoms with van der Waals surface area (Å²) in [4.78, 5) is 15.7. The van der Waals surface area contributed by atoms with Gasteiger partial charge in [-0.3, -0.25) is 4.89 Å². The molecule has 1 unspecified atom stereocenters. The van der Waals surface area contributed by atoms with Gasteiger partial charge in [-0.25, -0.2) is 4.79 Å². The number of carbonyl (C=O) groups excluding carboxylic acids is 1. The maximum absolute atomic E-state index is 10.7. The highest BCUT2D eigenvalue weighted by atomic mass is 17.1.